The molecule has 1 atom stereocenters. The van der Waals surface area contributed by atoms with Gasteiger partial charge in [0.1, 0.15) is 17.1 Å². The topological polar surface area (TPSA) is 89.8 Å². The highest BCUT2D eigenvalue weighted by atomic mass is 16.6. The van der Waals surface area contributed by atoms with Crippen LogP contribution in [0.25, 0.3) is 11.1 Å². The summed E-state index contributed by atoms with van der Waals surface area (Å²) in [6.07, 6.45) is 9.01. The third kappa shape index (κ3) is 6.26. The van der Waals surface area contributed by atoms with Crippen molar-refractivity contribution < 1.29 is 19.1 Å². The maximum Gasteiger partial charge on any atom is 0.410 e. The summed E-state index contributed by atoms with van der Waals surface area (Å²) in [6, 6.07) is 8.42. The van der Waals surface area contributed by atoms with E-state index in [1.807, 2.05) is 62.5 Å². The highest BCUT2D eigenvalue weighted by Gasteiger charge is 2.39. The van der Waals surface area contributed by atoms with Gasteiger partial charge in [0.25, 0.3) is 0 Å². The third-order valence-corrected chi connectivity index (χ3v) is 8.59. The summed E-state index contributed by atoms with van der Waals surface area (Å²) in [5.41, 5.74) is 5.23. The Bertz CT molecular complexity index is 1510. The van der Waals surface area contributed by atoms with Gasteiger partial charge in [-0.05, 0) is 92.2 Å². The van der Waals surface area contributed by atoms with Crippen molar-refractivity contribution in [2.45, 2.75) is 97.8 Å². The van der Waals surface area contributed by atoms with Crippen molar-refractivity contribution in [3.8, 4) is 22.6 Å². The minimum absolute atomic E-state index is 0.142. The fraction of sp³-hybridized carbons (Fsp3) is 0.529. The second-order valence-corrected chi connectivity index (χ2v) is 13.4. The van der Waals surface area contributed by atoms with E-state index < -0.39 is 5.60 Å². The molecule has 43 heavy (non-hydrogen) atoms. The molecule has 2 fully saturated rings. The second kappa shape index (κ2) is 11.3. The van der Waals surface area contributed by atoms with Gasteiger partial charge < -0.3 is 19.3 Å². The first kappa shape index (κ1) is 29.2. The van der Waals surface area contributed by atoms with Crippen molar-refractivity contribution in [3.63, 3.8) is 0 Å². The Morgan fingerprint density at radius 1 is 0.977 bits per heavy atom. The summed E-state index contributed by atoms with van der Waals surface area (Å²) in [6.45, 7) is 13.0. The summed E-state index contributed by atoms with van der Waals surface area (Å²) >= 11 is 0. The van der Waals surface area contributed by atoms with E-state index in [0.29, 0.717) is 13.1 Å². The zero-order valence-electron chi connectivity index (χ0n) is 26.2. The highest BCUT2D eigenvalue weighted by Crippen LogP contribution is 2.46. The lowest BCUT2D eigenvalue weighted by atomic mass is 9.92. The van der Waals surface area contributed by atoms with E-state index in [9.17, 15) is 9.59 Å². The number of piperidine rings is 1. The van der Waals surface area contributed by atoms with Crippen LogP contribution in [-0.4, -0.2) is 56.4 Å². The van der Waals surface area contributed by atoms with Gasteiger partial charge >= 0.3 is 6.09 Å². The number of aryl methyl sites for hydroxylation is 2. The number of carbonyl (C=O) groups is 2. The molecule has 0 radical (unpaired) electrons. The van der Waals surface area contributed by atoms with E-state index in [4.69, 9.17) is 14.6 Å². The molecule has 0 bridgehead atoms. The number of likely N-dealkylation sites (tertiary alicyclic amines) is 1. The Labute approximate surface area is 254 Å². The Hall–Kier alpha value is -3.88. The molecule has 3 aliphatic rings. The molecule has 2 aliphatic heterocycles. The van der Waals surface area contributed by atoms with Gasteiger partial charge in [0.05, 0.1) is 17.9 Å². The predicted octanol–water partition coefficient (Wildman–Crippen LogP) is 7.00. The van der Waals surface area contributed by atoms with Crippen molar-refractivity contribution in [3.05, 3.63) is 53.6 Å². The monoisotopic (exact) mass is 585 g/mol. The van der Waals surface area contributed by atoms with E-state index >= 15 is 0 Å². The molecule has 3 aromatic rings. The highest BCUT2D eigenvalue weighted by molar-refractivity contribution is 5.99. The molecule has 6 rings (SSSR count). The maximum atomic E-state index is 13.4. The lowest BCUT2D eigenvalue weighted by Gasteiger charge is -2.36. The van der Waals surface area contributed by atoms with E-state index in [1.165, 1.54) is 0 Å². The number of aromatic nitrogens is 3. The molecular formula is C34H43N5O4. The van der Waals surface area contributed by atoms with Crippen LogP contribution in [0.4, 0.5) is 10.5 Å². The first-order valence-electron chi connectivity index (χ1n) is 15.6. The normalized spacial score (nSPS) is 19.3. The van der Waals surface area contributed by atoms with Crippen LogP contribution in [0.3, 0.4) is 0 Å². The van der Waals surface area contributed by atoms with Crippen LogP contribution in [0.15, 0.2) is 36.7 Å². The summed E-state index contributed by atoms with van der Waals surface area (Å²) in [5, 5.41) is 4.77. The maximum absolute atomic E-state index is 13.4. The molecule has 228 valence electrons. The Balaban J connectivity index is 1.31. The molecule has 1 aromatic carbocycles. The quantitative estimate of drug-likeness (QED) is 0.320. The largest absolute Gasteiger partial charge is 0.456 e. The van der Waals surface area contributed by atoms with Gasteiger partial charge in [-0.3, -0.25) is 14.5 Å². The molecule has 0 N–H and O–H groups in total. The van der Waals surface area contributed by atoms with Crippen molar-refractivity contribution in [2.75, 3.05) is 18.0 Å². The summed E-state index contributed by atoms with van der Waals surface area (Å²) < 4.78 is 14.3. The first-order valence-corrected chi connectivity index (χ1v) is 15.6. The Kier molecular flexibility index (Phi) is 7.69. The van der Waals surface area contributed by atoms with Gasteiger partial charge in [-0.25, -0.2) is 4.79 Å². The molecule has 2 aromatic heterocycles. The first-order chi connectivity index (χ1) is 20.5. The van der Waals surface area contributed by atoms with Gasteiger partial charge in [-0.15, -0.1) is 0 Å². The number of pyridine rings is 1. The van der Waals surface area contributed by atoms with Crippen LogP contribution in [0.2, 0.25) is 0 Å². The lowest BCUT2D eigenvalue weighted by molar-refractivity contribution is -0.120. The zero-order chi connectivity index (χ0) is 30.5. The molecule has 1 saturated carbocycles. The average molecular weight is 586 g/mol. The number of rotatable bonds is 5. The number of hydrogen-bond donors (Lipinski definition) is 0. The van der Waals surface area contributed by atoms with Crippen LogP contribution in [0.5, 0.6) is 11.5 Å². The predicted molar refractivity (Wildman–Crippen MR) is 166 cm³/mol. The summed E-state index contributed by atoms with van der Waals surface area (Å²) in [5.74, 6) is 1.89. The van der Waals surface area contributed by atoms with Crippen LogP contribution in [-0.2, 0) is 16.0 Å². The van der Waals surface area contributed by atoms with Crippen molar-refractivity contribution in [2.24, 2.45) is 5.92 Å². The van der Waals surface area contributed by atoms with Gasteiger partial charge in [0.2, 0.25) is 5.91 Å². The molecular weight excluding hydrogens is 542 g/mol. The molecule has 1 saturated heterocycles. The third-order valence-electron chi connectivity index (χ3n) is 8.59. The van der Waals surface area contributed by atoms with E-state index in [-0.39, 0.29) is 30.0 Å². The SMILES string of the molecule is Cc1cc(Oc2c(-c3cnn(C4CCN(C(=O)OC(C)(C)C)CC4)c3)ccc3c2CCC(C)N3C(=O)C2CC2)cc(C)n1. The molecule has 1 unspecified atom stereocenters. The average Bonchev–Trinajstić information content (AvgIpc) is 3.68. The fourth-order valence-corrected chi connectivity index (χ4v) is 6.30. The number of benzene rings is 1. The minimum atomic E-state index is -0.507. The number of ether oxygens (including phenoxy) is 2. The van der Waals surface area contributed by atoms with Gasteiger partial charge in [-0.2, -0.15) is 5.10 Å². The smallest absolute Gasteiger partial charge is 0.410 e. The number of anilines is 1. The van der Waals surface area contributed by atoms with Gasteiger partial charge in [0.15, 0.2) is 0 Å². The number of amides is 2. The molecule has 9 nitrogen and oxygen atoms in total. The lowest BCUT2D eigenvalue weighted by Crippen LogP contribution is -2.43. The van der Waals surface area contributed by atoms with Crippen LogP contribution in [0, 0.1) is 19.8 Å². The second-order valence-electron chi connectivity index (χ2n) is 13.4. The van der Waals surface area contributed by atoms with Gasteiger partial charge in [0, 0.05) is 71.5 Å². The molecule has 2 amide bonds. The Morgan fingerprint density at radius 2 is 1.67 bits per heavy atom. The van der Waals surface area contributed by atoms with E-state index in [1.54, 1.807) is 4.90 Å². The van der Waals surface area contributed by atoms with Crippen LogP contribution >= 0.6 is 0 Å². The molecule has 0 spiro atoms. The number of hydrogen-bond acceptors (Lipinski definition) is 6. The summed E-state index contributed by atoms with van der Waals surface area (Å²) in [7, 11) is 0. The molecule has 4 heterocycles. The van der Waals surface area contributed by atoms with Crippen molar-refractivity contribution in [1.82, 2.24) is 19.7 Å². The standard InChI is InChI=1S/C34H43N5O4/c1-21-17-27(18-22(2)36-21)42-31-28(11-12-30-29(31)10-7-23(3)39(30)32(40)24-8-9-24)25-19-35-38(20-25)26-13-15-37(16-14-26)33(41)43-34(4,5)6/h11-12,17-20,23-24,26H,7-10,13-16H2,1-6H3. The molecule has 1 aliphatic carbocycles. The van der Waals surface area contributed by atoms with E-state index in [0.717, 1.165) is 83.8 Å². The summed E-state index contributed by atoms with van der Waals surface area (Å²) in [4.78, 5) is 34.3. The Morgan fingerprint density at radius 3 is 2.33 bits per heavy atom. The fourth-order valence-electron chi connectivity index (χ4n) is 6.30. The van der Waals surface area contributed by atoms with Crippen LogP contribution < -0.4 is 9.64 Å². The van der Waals surface area contributed by atoms with E-state index in [2.05, 4.69) is 30.2 Å². The number of nitrogens with zero attached hydrogens (tertiary/aromatic N) is 5. The number of fused-ring (bicyclic) bond motifs is 1. The zero-order valence-corrected chi connectivity index (χ0v) is 26.2. The van der Waals surface area contributed by atoms with Crippen molar-refractivity contribution in [1.29, 1.82) is 0 Å². The van der Waals surface area contributed by atoms with Gasteiger partial charge in [-0.1, -0.05) is 0 Å². The molecule has 9 heteroatoms. The van der Waals surface area contributed by atoms with Crippen LogP contribution in [0.1, 0.15) is 82.8 Å². The number of carbonyl (C=O) groups excluding carboxylic acids is 2. The minimum Gasteiger partial charge on any atom is -0.456 e. The van der Waals surface area contributed by atoms with Crippen molar-refractivity contribution >= 4 is 17.7 Å².